The Labute approximate surface area is 191 Å². The Hall–Kier alpha value is -1.20. The Morgan fingerprint density at radius 2 is 1.25 bits per heavy atom. The van der Waals surface area contributed by atoms with Gasteiger partial charge in [-0.3, -0.25) is 0 Å². The summed E-state index contributed by atoms with van der Waals surface area (Å²) in [5.74, 6) is -0.680. The minimum absolute atomic E-state index is 0.00629. The SMILES string of the molecule is COC(=O)c1nc(-c2c(Cl)cc(Cl)cc2Cl)ccc1-c1c(Cl)cc(Cl)cc1Cl. The van der Waals surface area contributed by atoms with E-state index in [0.29, 0.717) is 32.4 Å². The highest BCUT2D eigenvalue weighted by Crippen LogP contribution is 2.41. The molecule has 0 atom stereocenters. The van der Waals surface area contributed by atoms with E-state index in [1.807, 2.05) is 0 Å². The summed E-state index contributed by atoms with van der Waals surface area (Å²) in [5, 5.41) is 1.85. The van der Waals surface area contributed by atoms with Crippen LogP contribution in [0.1, 0.15) is 10.5 Å². The van der Waals surface area contributed by atoms with Crippen molar-refractivity contribution < 1.29 is 9.53 Å². The second-order valence-corrected chi connectivity index (χ2v) is 8.07. The summed E-state index contributed by atoms with van der Waals surface area (Å²) in [5.41, 5.74) is 1.56. The Morgan fingerprint density at radius 3 is 1.71 bits per heavy atom. The number of benzene rings is 2. The number of hydrogen-bond donors (Lipinski definition) is 0. The Morgan fingerprint density at radius 1 is 0.786 bits per heavy atom. The molecule has 3 aromatic rings. The Bertz CT molecular complexity index is 1050. The predicted molar refractivity (Wildman–Crippen MR) is 117 cm³/mol. The lowest BCUT2D eigenvalue weighted by atomic mass is 10.0. The number of esters is 1. The maximum absolute atomic E-state index is 12.4. The summed E-state index contributed by atoms with van der Waals surface area (Å²) in [6.07, 6.45) is 0. The van der Waals surface area contributed by atoms with Crippen LogP contribution in [-0.4, -0.2) is 18.1 Å². The second-order valence-electron chi connectivity index (χ2n) is 5.57. The number of pyridine rings is 1. The average Bonchev–Trinajstić information content (AvgIpc) is 2.60. The van der Waals surface area contributed by atoms with E-state index in [-0.39, 0.29) is 25.8 Å². The highest BCUT2D eigenvalue weighted by Gasteiger charge is 2.22. The van der Waals surface area contributed by atoms with Crippen molar-refractivity contribution >= 4 is 75.6 Å². The van der Waals surface area contributed by atoms with Crippen LogP contribution >= 0.6 is 69.6 Å². The van der Waals surface area contributed by atoms with E-state index in [9.17, 15) is 4.79 Å². The third kappa shape index (κ3) is 4.20. The third-order valence-corrected chi connectivity index (χ3v) is 5.44. The van der Waals surface area contributed by atoms with Crippen LogP contribution in [-0.2, 0) is 4.74 Å². The molecule has 0 N–H and O–H groups in total. The van der Waals surface area contributed by atoms with Gasteiger partial charge in [-0.05, 0) is 36.4 Å². The molecule has 144 valence electrons. The molecule has 0 radical (unpaired) electrons. The third-order valence-electron chi connectivity index (χ3n) is 3.81. The van der Waals surface area contributed by atoms with Gasteiger partial charge in [0.15, 0.2) is 5.69 Å². The fourth-order valence-electron chi connectivity index (χ4n) is 2.64. The number of halogens is 6. The molecule has 1 aromatic heterocycles. The highest BCUT2D eigenvalue weighted by atomic mass is 35.5. The largest absolute Gasteiger partial charge is 0.464 e. The van der Waals surface area contributed by atoms with Crippen LogP contribution in [0.25, 0.3) is 22.4 Å². The fraction of sp³-hybridized carbons (Fsp3) is 0.0526. The summed E-state index contributed by atoms with van der Waals surface area (Å²) in [7, 11) is 1.24. The van der Waals surface area contributed by atoms with Crippen molar-refractivity contribution in [2.75, 3.05) is 7.11 Å². The maximum atomic E-state index is 12.4. The number of hydrogen-bond acceptors (Lipinski definition) is 3. The van der Waals surface area contributed by atoms with E-state index >= 15 is 0 Å². The van der Waals surface area contributed by atoms with Crippen LogP contribution in [0, 0.1) is 0 Å². The standard InChI is InChI=1S/C19H9Cl6NO2/c1-28-19(27)18-10(16-11(22)4-8(20)5-12(16)23)2-3-15(26-18)17-13(24)6-9(21)7-14(17)25/h2-7H,1H3. The van der Waals surface area contributed by atoms with Gasteiger partial charge in [0.2, 0.25) is 0 Å². The maximum Gasteiger partial charge on any atom is 0.357 e. The molecule has 0 spiro atoms. The molecule has 28 heavy (non-hydrogen) atoms. The second kappa shape index (κ2) is 8.66. The van der Waals surface area contributed by atoms with E-state index in [4.69, 9.17) is 74.3 Å². The summed E-state index contributed by atoms with van der Waals surface area (Å²) in [6.45, 7) is 0. The molecule has 1 heterocycles. The smallest absolute Gasteiger partial charge is 0.357 e. The Balaban J connectivity index is 2.28. The van der Waals surface area contributed by atoms with Crippen molar-refractivity contribution in [1.82, 2.24) is 4.98 Å². The molecular formula is C19H9Cl6NO2. The van der Waals surface area contributed by atoms with E-state index in [2.05, 4.69) is 4.98 Å². The van der Waals surface area contributed by atoms with E-state index in [1.165, 1.54) is 31.4 Å². The van der Waals surface area contributed by atoms with Crippen molar-refractivity contribution in [3.05, 3.63) is 72.2 Å². The zero-order valence-corrected chi connectivity index (χ0v) is 18.5. The summed E-state index contributed by atoms with van der Waals surface area (Å²) in [4.78, 5) is 16.8. The molecule has 0 fully saturated rings. The van der Waals surface area contributed by atoms with Crippen LogP contribution in [0.15, 0.2) is 36.4 Å². The van der Waals surface area contributed by atoms with Crippen molar-refractivity contribution in [2.24, 2.45) is 0 Å². The highest BCUT2D eigenvalue weighted by molar-refractivity contribution is 6.43. The summed E-state index contributed by atoms with van der Waals surface area (Å²) in [6, 6.07) is 9.38. The van der Waals surface area contributed by atoms with Crippen molar-refractivity contribution in [3.8, 4) is 22.4 Å². The molecule has 0 aliphatic rings. The van der Waals surface area contributed by atoms with Gasteiger partial charge in [-0.1, -0.05) is 69.6 Å². The average molecular weight is 496 g/mol. The van der Waals surface area contributed by atoms with Gasteiger partial charge in [0.1, 0.15) is 0 Å². The number of rotatable bonds is 3. The molecule has 9 heteroatoms. The molecule has 0 unspecified atom stereocenters. The minimum atomic E-state index is -0.680. The molecule has 0 amide bonds. The fourth-order valence-corrected chi connectivity index (χ4v) is 4.67. The number of methoxy groups -OCH3 is 1. The topological polar surface area (TPSA) is 39.2 Å². The molecule has 0 aliphatic carbocycles. The minimum Gasteiger partial charge on any atom is -0.464 e. The molecular weight excluding hydrogens is 487 g/mol. The summed E-state index contributed by atoms with van der Waals surface area (Å²) >= 11 is 37.1. The van der Waals surface area contributed by atoms with Gasteiger partial charge in [0.05, 0.1) is 32.9 Å². The number of carbonyl (C=O) groups is 1. The van der Waals surface area contributed by atoms with Gasteiger partial charge in [0, 0.05) is 26.7 Å². The number of nitrogens with zero attached hydrogens (tertiary/aromatic N) is 1. The van der Waals surface area contributed by atoms with E-state index in [0.717, 1.165) is 0 Å². The molecule has 3 rings (SSSR count). The lowest BCUT2D eigenvalue weighted by molar-refractivity contribution is 0.0595. The van der Waals surface area contributed by atoms with Crippen molar-refractivity contribution in [1.29, 1.82) is 0 Å². The molecule has 0 aliphatic heterocycles. The molecule has 0 saturated carbocycles. The first-order valence-electron chi connectivity index (χ1n) is 7.62. The zero-order valence-electron chi connectivity index (χ0n) is 14.0. The first kappa shape index (κ1) is 21.5. The van der Waals surface area contributed by atoms with Crippen LogP contribution in [0.4, 0.5) is 0 Å². The van der Waals surface area contributed by atoms with Crippen molar-refractivity contribution in [3.63, 3.8) is 0 Å². The van der Waals surface area contributed by atoms with Gasteiger partial charge in [-0.2, -0.15) is 0 Å². The van der Waals surface area contributed by atoms with Crippen LogP contribution in [0.2, 0.25) is 30.1 Å². The predicted octanol–water partition coefficient (Wildman–Crippen LogP) is 8.12. The Kier molecular flexibility index (Phi) is 6.65. The van der Waals surface area contributed by atoms with E-state index < -0.39 is 5.97 Å². The van der Waals surface area contributed by atoms with Gasteiger partial charge in [-0.25, -0.2) is 9.78 Å². The van der Waals surface area contributed by atoms with Crippen LogP contribution in [0.3, 0.4) is 0 Å². The van der Waals surface area contributed by atoms with E-state index in [1.54, 1.807) is 12.1 Å². The first-order chi connectivity index (χ1) is 13.2. The van der Waals surface area contributed by atoms with Gasteiger partial charge < -0.3 is 4.74 Å². The first-order valence-corrected chi connectivity index (χ1v) is 9.89. The van der Waals surface area contributed by atoms with Crippen molar-refractivity contribution in [2.45, 2.75) is 0 Å². The molecule has 2 aromatic carbocycles. The van der Waals surface area contributed by atoms with Crippen LogP contribution < -0.4 is 0 Å². The molecule has 0 bridgehead atoms. The molecule has 3 nitrogen and oxygen atoms in total. The summed E-state index contributed by atoms with van der Waals surface area (Å²) < 4.78 is 4.87. The number of carbonyl (C=O) groups excluding carboxylic acids is 1. The van der Waals surface area contributed by atoms with Crippen LogP contribution in [0.5, 0.6) is 0 Å². The van der Waals surface area contributed by atoms with Gasteiger partial charge in [-0.15, -0.1) is 0 Å². The molecule has 0 saturated heterocycles. The lowest BCUT2D eigenvalue weighted by Crippen LogP contribution is -2.08. The lowest BCUT2D eigenvalue weighted by Gasteiger charge is -2.14. The van der Waals surface area contributed by atoms with Gasteiger partial charge in [0.25, 0.3) is 0 Å². The zero-order chi connectivity index (χ0) is 20.6. The van der Waals surface area contributed by atoms with Gasteiger partial charge >= 0.3 is 5.97 Å². The quantitative estimate of drug-likeness (QED) is 0.344. The normalized spacial score (nSPS) is 10.8. The number of aromatic nitrogens is 1. The number of ether oxygens (including phenoxy) is 1. The monoisotopic (exact) mass is 493 g/mol.